The topological polar surface area (TPSA) is 64.4 Å². The number of aryl methyl sites for hydroxylation is 1. The van der Waals surface area contributed by atoms with Crippen LogP contribution in [0.25, 0.3) is 0 Å². The molecule has 0 unspecified atom stereocenters. The summed E-state index contributed by atoms with van der Waals surface area (Å²) in [6.45, 7) is 0.788. The number of halogens is 1. The van der Waals surface area contributed by atoms with Gasteiger partial charge in [-0.15, -0.1) is 0 Å². The number of fused-ring (bicyclic) bond motifs is 1. The average molecular weight is 328 g/mol. The largest absolute Gasteiger partial charge is 0.492 e. The normalized spacial score (nSPS) is 16.1. The van der Waals surface area contributed by atoms with Crippen LogP contribution in [0.15, 0.2) is 35.6 Å². The predicted octanol–water partition coefficient (Wildman–Crippen LogP) is 1.66. The maximum atomic E-state index is 12.7. The Morgan fingerprint density at radius 1 is 1.33 bits per heavy atom. The van der Waals surface area contributed by atoms with Crippen LogP contribution < -0.4 is 4.74 Å². The first kappa shape index (κ1) is 14.4. The Hall–Kier alpha value is -1.57. The molecular weight excluding hydrogens is 314 g/mol. The molecule has 0 atom stereocenters. The van der Waals surface area contributed by atoms with Crippen molar-refractivity contribution >= 4 is 21.6 Å². The van der Waals surface area contributed by atoms with E-state index in [0.717, 1.165) is 5.56 Å². The van der Waals surface area contributed by atoms with Gasteiger partial charge in [0.25, 0.3) is 10.0 Å². The maximum absolute atomic E-state index is 12.7. The third kappa shape index (κ3) is 2.52. The summed E-state index contributed by atoms with van der Waals surface area (Å²) in [7, 11) is -2.10. The van der Waals surface area contributed by atoms with E-state index in [4.69, 9.17) is 16.3 Å². The third-order valence-corrected chi connectivity index (χ3v) is 5.67. The van der Waals surface area contributed by atoms with Crippen molar-refractivity contribution in [2.45, 2.75) is 11.6 Å². The Labute approximate surface area is 128 Å². The maximum Gasteiger partial charge on any atom is 0.264 e. The molecule has 0 fully saturated rings. The zero-order chi connectivity index (χ0) is 15.0. The predicted molar refractivity (Wildman–Crippen MR) is 77.8 cm³/mol. The fourth-order valence-corrected chi connectivity index (χ4v) is 3.99. The molecule has 0 amide bonds. The molecule has 1 aromatic heterocycles. The van der Waals surface area contributed by atoms with Crippen molar-refractivity contribution in [1.82, 2.24) is 13.9 Å². The van der Waals surface area contributed by atoms with E-state index in [0.29, 0.717) is 12.4 Å². The van der Waals surface area contributed by atoms with Crippen molar-refractivity contribution in [3.8, 4) is 5.75 Å². The summed E-state index contributed by atoms with van der Waals surface area (Å²) in [5.41, 5.74) is 0.825. The monoisotopic (exact) mass is 327 g/mol. The second-order valence-electron chi connectivity index (χ2n) is 4.75. The number of nitrogens with zero attached hydrogens (tertiary/aromatic N) is 3. The smallest absolute Gasteiger partial charge is 0.264 e. The number of para-hydroxylation sites is 1. The Kier molecular flexibility index (Phi) is 3.64. The second kappa shape index (κ2) is 5.32. The molecule has 21 heavy (non-hydrogen) atoms. The van der Waals surface area contributed by atoms with E-state index >= 15 is 0 Å². The van der Waals surface area contributed by atoms with Crippen LogP contribution in [0.3, 0.4) is 0 Å². The van der Waals surface area contributed by atoms with Gasteiger partial charge in [-0.05, 0) is 6.07 Å². The number of benzene rings is 1. The molecular formula is C13H14ClN3O3S. The molecule has 3 rings (SSSR count). The molecule has 0 N–H and O–H groups in total. The molecule has 8 heteroatoms. The first-order valence-electron chi connectivity index (χ1n) is 6.38. The van der Waals surface area contributed by atoms with Crippen LogP contribution in [0.4, 0.5) is 0 Å². The highest BCUT2D eigenvalue weighted by molar-refractivity contribution is 7.89. The lowest BCUT2D eigenvalue weighted by molar-refractivity contribution is 0.292. The van der Waals surface area contributed by atoms with Crippen molar-refractivity contribution in [3.05, 3.63) is 41.3 Å². The van der Waals surface area contributed by atoms with Crippen molar-refractivity contribution in [1.29, 1.82) is 0 Å². The van der Waals surface area contributed by atoms with Crippen LogP contribution >= 0.6 is 11.6 Å². The summed E-state index contributed by atoms with van der Waals surface area (Å²) >= 11 is 6.02. The van der Waals surface area contributed by atoms with E-state index in [1.165, 1.54) is 15.2 Å². The summed E-state index contributed by atoms with van der Waals surface area (Å²) in [6.07, 6.45) is 1.39. The zero-order valence-corrected chi connectivity index (χ0v) is 12.9. The highest BCUT2D eigenvalue weighted by atomic mass is 35.5. The highest BCUT2D eigenvalue weighted by Crippen LogP contribution is 2.28. The lowest BCUT2D eigenvalue weighted by Crippen LogP contribution is -2.33. The fraction of sp³-hybridized carbons (Fsp3) is 0.308. The molecule has 0 saturated carbocycles. The van der Waals surface area contributed by atoms with Crippen LogP contribution in [-0.4, -0.2) is 35.4 Å². The van der Waals surface area contributed by atoms with Crippen molar-refractivity contribution in [2.75, 3.05) is 13.2 Å². The minimum absolute atomic E-state index is 0.105. The first-order chi connectivity index (χ1) is 10.00. The van der Waals surface area contributed by atoms with Crippen molar-refractivity contribution in [2.24, 2.45) is 7.05 Å². The number of hydrogen-bond acceptors (Lipinski definition) is 4. The fourth-order valence-electron chi connectivity index (χ4n) is 2.20. The third-order valence-electron chi connectivity index (χ3n) is 3.34. The van der Waals surface area contributed by atoms with E-state index < -0.39 is 10.0 Å². The van der Waals surface area contributed by atoms with Crippen LogP contribution in [0, 0.1) is 0 Å². The molecule has 0 spiro atoms. The average Bonchev–Trinajstić information content (AvgIpc) is 2.69. The van der Waals surface area contributed by atoms with E-state index in [9.17, 15) is 8.42 Å². The molecule has 0 radical (unpaired) electrons. The number of sulfonamides is 1. The Balaban J connectivity index is 1.99. The van der Waals surface area contributed by atoms with Gasteiger partial charge in [0.15, 0.2) is 0 Å². The Morgan fingerprint density at radius 2 is 2.10 bits per heavy atom. The van der Waals surface area contributed by atoms with Crippen LogP contribution in [0.5, 0.6) is 5.75 Å². The molecule has 1 aromatic carbocycles. The van der Waals surface area contributed by atoms with Gasteiger partial charge in [0.05, 0.1) is 6.33 Å². The summed E-state index contributed by atoms with van der Waals surface area (Å²) in [5, 5.41) is -0.0144. The molecule has 112 valence electrons. The van der Waals surface area contributed by atoms with Crippen molar-refractivity contribution in [3.63, 3.8) is 0 Å². The summed E-state index contributed by atoms with van der Waals surface area (Å²) in [4.78, 5) is 3.91. The molecule has 1 aliphatic heterocycles. The van der Waals surface area contributed by atoms with Crippen LogP contribution in [0.1, 0.15) is 5.56 Å². The minimum atomic E-state index is -3.75. The molecule has 1 aliphatic rings. The summed E-state index contributed by atoms with van der Waals surface area (Å²) < 4.78 is 33.8. The van der Waals surface area contributed by atoms with Gasteiger partial charge in [-0.1, -0.05) is 29.8 Å². The second-order valence-corrected chi connectivity index (χ2v) is 6.96. The number of hydrogen-bond donors (Lipinski definition) is 0. The standard InChI is InChI=1S/C13H14ClN3O3S/c1-16-9-15-13(12(16)14)21(18,19)17-6-7-20-11-5-3-2-4-10(11)8-17/h2-5,9H,6-8H2,1H3. The highest BCUT2D eigenvalue weighted by Gasteiger charge is 2.31. The molecule has 2 aromatic rings. The van der Waals surface area contributed by atoms with E-state index in [-0.39, 0.29) is 23.3 Å². The summed E-state index contributed by atoms with van der Waals surface area (Å²) in [5.74, 6) is 0.710. The van der Waals surface area contributed by atoms with Gasteiger partial charge in [-0.2, -0.15) is 4.31 Å². The van der Waals surface area contributed by atoms with E-state index in [1.807, 2.05) is 24.3 Å². The minimum Gasteiger partial charge on any atom is -0.492 e. The Morgan fingerprint density at radius 3 is 2.81 bits per heavy atom. The van der Waals surface area contributed by atoms with Crippen LogP contribution in [0.2, 0.25) is 5.15 Å². The van der Waals surface area contributed by atoms with Crippen molar-refractivity contribution < 1.29 is 13.2 Å². The van der Waals surface area contributed by atoms with E-state index in [1.54, 1.807) is 7.05 Å². The number of rotatable bonds is 2. The van der Waals surface area contributed by atoms with E-state index in [2.05, 4.69) is 4.98 Å². The molecule has 6 nitrogen and oxygen atoms in total. The van der Waals surface area contributed by atoms with Gasteiger partial charge in [0.1, 0.15) is 17.5 Å². The lowest BCUT2D eigenvalue weighted by Gasteiger charge is -2.18. The van der Waals surface area contributed by atoms with Gasteiger partial charge in [-0.3, -0.25) is 0 Å². The van der Waals surface area contributed by atoms with Gasteiger partial charge < -0.3 is 9.30 Å². The lowest BCUT2D eigenvalue weighted by atomic mass is 10.2. The molecule has 2 heterocycles. The van der Waals surface area contributed by atoms with Gasteiger partial charge >= 0.3 is 0 Å². The van der Waals surface area contributed by atoms with Crippen LogP contribution in [-0.2, 0) is 23.6 Å². The molecule has 0 bridgehead atoms. The SMILES string of the molecule is Cn1cnc(S(=O)(=O)N2CCOc3ccccc3C2)c1Cl. The number of imidazole rings is 1. The summed E-state index contributed by atoms with van der Waals surface area (Å²) in [6, 6.07) is 7.40. The number of ether oxygens (including phenoxy) is 1. The van der Waals surface area contributed by atoms with Gasteiger partial charge in [-0.25, -0.2) is 13.4 Å². The first-order valence-corrected chi connectivity index (χ1v) is 8.19. The number of aromatic nitrogens is 2. The van der Waals surface area contributed by atoms with Gasteiger partial charge in [0, 0.05) is 25.7 Å². The Bertz CT molecular complexity index is 773. The molecule has 0 saturated heterocycles. The quantitative estimate of drug-likeness (QED) is 0.841. The van der Waals surface area contributed by atoms with Gasteiger partial charge in [0.2, 0.25) is 5.03 Å². The zero-order valence-electron chi connectivity index (χ0n) is 11.4. The molecule has 0 aliphatic carbocycles.